The van der Waals surface area contributed by atoms with Crippen LogP contribution in [-0.4, -0.2) is 40.2 Å². The number of carbonyl (C=O) groups excluding carboxylic acids is 1. The molecule has 1 aliphatic heterocycles. The van der Waals surface area contributed by atoms with Crippen LogP contribution in [0.15, 0.2) is 28.9 Å². The molecule has 0 N–H and O–H groups in total. The van der Waals surface area contributed by atoms with E-state index in [4.69, 9.17) is 25.6 Å². The summed E-state index contributed by atoms with van der Waals surface area (Å²) in [5, 5.41) is 9.32. The zero-order valence-corrected chi connectivity index (χ0v) is 18.5. The maximum absolute atomic E-state index is 13.2. The SMILES string of the molecule is Cc1ccc(Cl)c(-c2noc(-c3cnn(C4CC(C)C4)c3C)c2C(=O)OC2COC2)c1. The number of rotatable bonds is 5. The third kappa shape index (κ3) is 3.55. The average molecular weight is 442 g/mol. The first-order chi connectivity index (χ1) is 14.9. The average Bonchev–Trinajstić information content (AvgIpc) is 3.27. The van der Waals surface area contributed by atoms with E-state index in [9.17, 15) is 4.79 Å². The Morgan fingerprint density at radius 1 is 1.23 bits per heavy atom. The van der Waals surface area contributed by atoms with Gasteiger partial charge in [-0.3, -0.25) is 4.68 Å². The second kappa shape index (κ2) is 7.80. The number of hydrogen-bond donors (Lipinski definition) is 0. The molecule has 1 aromatic carbocycles. The molecule has 7 nitrogen and oxygen atoms in total. The zero-order chi connectivity index (χ0) is 21.7. The van der Waals surface area contributed by atoms with Crippen molar-refractivity contribution in [3.05, 3.63) is 46.2 Å². The largest absolute Gasteiger partial charge is 0.454 e. The van der Waals surface area contributed by atoms with Gasteiger partial charge in [0.15, 0.2) is 5.76 Å². The third-order valence-electron chi connectivity index (χ3n) is 6.14. The molecular weight excluding hydrogens is 418 g/mol. The summed E-state index contributed by atoms with van der Waals surface area (Å²) in [5.74, 6) is 0.558. The number of ether oxygens (including phenoxy) is 2. The van der Waals surface area contributed by atoms with Crippen molar-refractivity contribution < 1.29 is 18.8 Å². The van der Waals surface area contributed by atoms with Crippen molar-refractivity contribution in [1.82, 2.24) is 14.9 Å². The van der Waals surface area contributed by atoms with E-state index in [0.717, 1.165) is 29.7 Å². The third-order valence-corrected chi connectivity index (χ3v) is 6.47. The normalized spacial score (nSPS) is 20.9. The molecule has 0 amide bonds. The van der Waals surface area contributed by atoms with Crippen molar-refractivity contribution in [3.8, 4) is 22.6 Å². The number of hydrogen-bond acceptors (Lipinski definition) is 6. The van der Waals surface area contributed by atoms with Crippen LogP contribution in [0, 0.1) is 19.8 Å². The number of carbonyl (C=O) groups is 1. The van der Waals surface area contributed by atoms with E-state index in [1.54, 1.807) is 12.3 Å². The summed E-state index contributed by atoms with van der Waals surface area (Å²) < 4.78 is 18.5. The minimum absolute atomic E-state index is 0.267. The molecule has 31 heavy (non-hydrogen) atoms. The van der Waals surface area contributed by atoms with Crippen molar-refractivity contribution >= 4 is 17.6 Å². The fourth-order valence-electron chi connectivity index (χ4n) is 4.23. The number of nitrogens with zero attached hydrogens (tertiary/aromatic N) is 3. The van der Waals surface area contributed by atoms with E-state index in [2.05, 4.69) is 17.2 Å². The topological polar surface area (TPSA) is 79.4 Å². The lowest BCUT2D eigenvalue weighted by Crippen LogP contribution is -2.37. The Bertz CT molecular complexity index is 1140. The molecule has 2 aliphatic rings. The van der Waals surface area contributed by atoms with Crippen molar-refractivity contribution in [2.75, 3.05) is 13.2 Å². The Kier molecular flexibility index (Phi) is 5.10. The summed E-state index contributed by atoms with van der Waals surface area (Å²) in [6.45, 7) is 6.97. The Morgan fingerprint density at radius 3 is 2.68 bits per heavy atom. The second-order valence-electron chi connectivity index (χ2n) is 8.60. The minimum Gasteiger partial charge on any atom is -0.454 e. The quantitative estimate of drug-likeness (QED) is 0.518. The first-order valence-electron chi connectivity index (χ1n) is 10.5. The molecule has 0 spiro atoms. The van der Waals surface area contributed by atoms with Crippen LogP contribution in [0.3, 0.4) is 0 Å². The van der Waals surface area contributed by atoms with Crippen LogP contribution >= 0.6 is 11.6 Å². The highest BCUT2D eigenvalue weighted by Gasteiger charge is 2.34. The van der Waals surface area contributed by atoms with Crippen LogP contribution in [0.5, 0.6) is 0 Å². The molecule has 0 atom stereocenters. The van der Waals surface area contributed by atoms with Crippen molar-refractivity contribution in [2.24, 2.45) is 5.92 Å². The monoisotopic (exact) mass is 441 g/mol. The van der Waals surface area contributed by atoms with Gasteiger partial charge < -0.3 is 14.0 Å². The van der Waals surface area contributed by atoms with Gasteiger partial charge in [-0.15, -0.1) is 0 Å². The molecule has 8 heteroatoms. The van der Waals surface area contributed by atoms with E-state index in [0.29, 0.717) is 47.2 Å². The second-order valence-corrected chi connectivity index (χ2v) is 9.01. The molecule has 2 fully saturated rings. The predicted molar refractivity (Wildman–Crippen MR) is 115 cm³/mol. The molecule has 1 aliphatic carbocycles. The smallest absolute Gasteiger partial charge is 0.344 e. The minimum atomic E-state index is -0.499. The fourth-order valence-corrected chi connectivity index (χ4v) is 4.44. The van der Waals surface area contributed by atoms with Crippen LogP contribution in [0.4, 0.5) is 0 Å². The first kappa shape index (κ1) is 20.3. The van der Waals surface area contributed by atoms with Gasteiger partial charge in [-0.1, -0.05) is 35.3 Å². The van der Waals surface area contributed by atoms with E-state index < -0.39 is 5.97 Å². The van der Waals surface area contributed by atoms with Crippen molar-refractivity contribution in [2.45, 2.75) is 45.8 Å². The first-order valence-corrected chi connectivity index (χ1v) is 10.9. The van der Waals surface area contributed by atoms with Gasteiger partial charge in [0, 0.05) is 11.3 Å². The molecular formula is C23H24ClN3O4. The number of aromatic nitrogens is 3. The van der Waals surface area contributed by atoms with Gasteiger partial charge in [0.05, 0.1) is 36.0 Å². The summed E-state index contributed by atoms with van der Waals surface area (Å²) in [5.41, 5.74) is 3.95. The molecule has 3 aromatic rings. The van der Waals surface area contributed by atoms with Crippen LogP contribution in [0.1, 0.15) is 47.4 Å². The predicted octanol–water partition coefficient (Wildman–Crippen LogP) is 5.00. The Morgan fingerprint density at radius 2 is 2.00 bits per heavy atom. The zero-order valence-electron chi connectivity index (χ0n) is 17.7. The van der Waals surface area contributed by atoms with Gasteiger partial charge >= 0.3 is 5.97 Å². The Labute approximate surface area is 185 Å². The van der Waals surface area contributed by atoms with Gasteiger partial charge in [-0.25, -0.2) is 4.79 Å². The van der Waals surface area contributed by atoms with Gasteiger partial charge in [0.25, 0.3) is 0 Å². The van der Waals surface area contributed by atoms with Crippen LogP contribution in [0.2, 0.25) is 5.02 Å². The number of esters is 1. The lowest BCUT2D eigenvalue weighted by Gasteiger charge is -2.33. The summed E-state index contributed by atoms with van der Waals surface area (Å²) in [6, 6.07) is 5.96. The summed E-state index contributed by atoms with van der Waals surface area (Å²) >= 11 is 6.45. The Balaban J connectivity index is 1.60. The Hall–Kier alpha value is -2.64. The maximum Gasteiger partial charge on any atom is 0.344 e. The van der Waals surface area contributed by atoms with Crippen LogP contribution in [0.25, 0.3) is 22.6 Å². The van der Waals surface area contributed by atoms with Crippen LogP contribution < -0.4 is 0 Å². The molecule has 162 valence electrons. The highest BCUT2D eigenvalue weighted by atomic mass is 35.5. The molecule has 3 heterocycles. The summed E-state index contributed by atoms with van der Waals surface area (Å²) in [7, 11) is 0. The van der Waals surface area contributed by atoms with E-state index >= 15 is 0 Å². The number of aryl methyl sites for hydroxylation is 1. The summed E-state index contributed by atoms with van der Waals surface area (Å²) in [4.78, 5) is 13.2. The molecule has 0 radical (unpaired) electrons. The van der Waals surface area contributed by atoms with Gasteiger partial charge in [0.2, 0.25) is 0 Å². The molecule has 2 aromatic heterocycles. The summed E-state index contributed by atoms with van der Waals surface area (Å²) in [6.07, 6.45) is 3.67. The maximum atomic E-state index is 13.2. The van der Waals surface area contributed by atoms with Gasteiger partial charge in [0.1, 0.15) is 17.4 Å². The van der Waals surface area contributed by atoms with Gasteiger partial charge in [-0.05, 0) is 44.7 Å². The van der Waals surface area contributed by atoms with E-state index in [-0.39, 0.29) is 11.7 Å². The van der Waals surface area contributed by atoms with Crippen molar-refractivity contribution in [3.63, 3.8) is 0 Å². The molecule has 1 saturated carbocycles. The highest BCUT2D eigenvalue weighted by Crippen LogP contribution is 2.41. The highest BCUT2D eigenvalue weighted by molar-refractivity contribution is 6.33. The van der Waals surface area contributed by atoms with E-state index in [1.807, 2.05) is 30.7 Å². The van der Waals surface area contributed by atoms with E-state index in [1.165, 1.54) is 0 Å². The number of halogens is 1. The standard InChI is InChI=1S/C23H24ClN3O4/c1-12-4-5-19(24)17(8-12)21-20(23(28)30-16-10-29-11-16)22(31-26-21)18-9-25-27(14(18)3)15-6-13(2)7-15/h4-5,8-9,13,15-16H,6-7,10-11H2,1-3H3. The number of benzene rings is 1. The van der Waals surface area contributed by atoms with Gasteiger partial charge in [-0.2, -0.15) is 5.10 Å². The van der Waals surface area contributed by atoms with Crippen LogP contribution in [-0.2, 0) is 9.47 Å². The lowest BCUT2D eigenvalue weighted by molar-refractivity contribution is -0.103. The molecule has 1 saturated heterocycles. The van der Waals surface area contributed by atoms with Crippen molar-refractivity contribution in [1.29, 1.82) is 0 Å². The molecule has 0 bridgehead atoms. The fraction of sp³-hybridized carbons (Fsp3) is 0.435. The lowest BCUT2D eigenvalue weighted by atomic mass is 9.82. The molecule has 0 unspecified atom stereocenters. The molecule has 5 rings (SSSR count).